The molecular formula is C8H6O7S. The molecule has 0 fully saturated rings. The predicted octanol–water partition coefficient (Wildman–Crippen LogP) is -0.0118. The van der Waals surface area contributed by atoms with Crippen LogP contribution < -0.4 is 4.18 Å². The minimum atomic E-state index is -3.31. The van der Waals surface area contributed by atoms with Crippen molar-refractivity contribution in [2.45, 2.75) is 0 Å². The Kier molecular flexibility index (Phi) is 3.46. The van der Waals surface area contributed by atoms with Crippen LogP contribution in [0.1, 0.15) is 20.7 Å². The van der Waals surface area contributed by atoms with E-state index in [2.05, 4.69) is 4.18 Å². The fourth-order valence-electron chi connectivity index (χ4n) is 1.09. The highest BCUT2D eigenvalue weighted by atomic mass is 32.2. The second kappa shape index (κ2) is 4.62. The van der Waals surface area contributed by atoms with E-state index in [0.717, 1.165) is 12.1 Å². The van der Waals surface area contributed by atoms with Gasteiger partial charge in [-0.2, -0.15) is 8.42 Å². The van der Waals surface area contributed by atoms with E-state index in [9.17, 15) is 18.0 Å². The molecule has 0 aliphatic heterocycles. The lowest BCUT2D eigenvalue weighted by molar-refractivity contribution is 0.0649. The van der Waals surface area contributed by atoms with Crippen molar-refractivity contribution in [2.24, 2.45) is 0 Å². The first-order valence-corrected chi connectivity index (χ1v) is 4.95. The van der Waals surface area contributed by atoms with Crippen molar-refractivity contribution in [1.82, 2.24) is 0 Å². The molecule has 0 atom stereocenters. The van der Waals surface area contributed by atoms with E-state index < -0.39 is 39.8 Å². The quantitative estimate of drug-likeness (QED) is 0.639. The number of benzene rings is 1. The van der Waals surface area contributed by atoms with E-state index in [4.69, 9.17) is 10.2 Å². The largest absolute Gasteiger partial charge is 0.478 e. The molecule has 86 valence electrons. The highest BCUT2D eigenvalue weighted by Crippen LogP contribution is 2.22. The van der Waals surface area contributed by atoms with E-state index in [1.54, 1.807) is 0 Å². The molecule has 0 saturated heterocycles. The van der Waals surface area contributed by atoms with Gasteiger partial charge in [-0.15, -0.1) is 0 Å². The van der Waals surface area contributed by atoms with Crippen LogP contribution in [0.5, 0.6) is 5.75 Å². The summed E-state index contributed by atoms with van der Waals surface area (Å²) in [7, 11) is -3.31. The van der Waals surface area contributed by atoms with Gasteiger partial charge in [0.05, 0.1) is 5.56 Å². The number of aromatic carboxylic acids is 2. The minimum absolute atomic E-state index is 0.525. The second-order valence-electron chi connectivity index (χ2n) is 2.60. The van der Waals surface area contributed by atoms with Gasteiger partial charge < -0.3 is 14.4 Å². The van der Waals surface area contributed by atoms with Crippen molar-refractivity contribution in [2.75, 3.05) is 0 Å². The van der Waals surface area contributed by atoms with E-state index >= 15 is 0 Å². The molecule has 1 aromatic carbocycles. The fourth-order valence-corrected chi connectivity index (χ4v) is 1.40. The summed E-state index contributed by atoms with van der Waals surface area (Å²) in [6.07, 6.45) is 0. The van der Waals surface area contributed by atoms with Gasteiger partial charge in [-0.05, 0) is 12.1 Å². The van der Waals surface area contributed by atoms with E-state index in [-0.39, 0.29) is 0 Å². The summed E-state index contributed by atoms with van der Waals surface area (Å²) in [5.41, 5.74) is -1.24. The normalized spacial score (nSPS) is 10.1. The SMILES string of the molecule is O=C(O)c1cccc(O[SH](=O)=O)c1C(=O)O. The zero-order chi connectivity index (χ0) is 12.3. The van der Waals surface area contributed by atoms with Crippen LogP contribution in [0.2, 0.25) is 0 Å². The van der Waals surface area contributed by atoms with Gasteiger partial charge >= 0.3 is 11.9 Å². The number of carboxylic acid groups (broad SMARTS) is 2. The predicted molar refractivity (Wildman–Crippen MR) is 51.3 cm³/mol. The zero-order valence-electron chi connectivity index (χ0n) is 7.61. The molecular weight excluding hydrogens is 240 g/mol. The molecule has 0 unspecified atom stereocenters. The van der Waals surface area contributed by atoms with E-state index in [1.807, 2.05) is 0 Å². The Hall–Kier alpha value is -2.09. The Labute approximate surface area is 91.1 Å². The van der Waals surface area contributed by atoms with E-state index in [1.165, 1.54) is 6.07 Å². The van der Waals surface area contributed by atoms with Crippen LogP contribution in [0.4, 0.5) is 0 Å². The van der Waals surface area contributed by atoms with Crippen LogP contribution in [0.15, 0.2) is 18.2 Å². The van der Waals surface area contributed by atoms with Crippen molar-refractivity contribution in [3.05, 3.63) is 29.3 Å². The third-order valence-electron chi connectivity index (χ3n) is 1.64. The Morgan fingerprint density at radius 1 is 1.12 bits per heavy atom. The molecule has 7 nitrogen and oxygen atoms in total. The molecule has 1 rings (SSSR count). The van der Waals surface area contributed by atoms with Crippen LogP contribution in [-0.2, 0) is 11.0 Å². The molecule has 16 heavy (non-hydrogen) atoms. The molecule has 0 heterocycles. The highest BCUT2D eigenvalue weighted by Gasteiger charge is 2.21. The van der Waals surface area contributed by atoms with Crippen LogP contribution in [-0.4, -0.2) is 30.6 Å². The van der Waals surface area contributed by atoms with Gasteiger partial charge in [-0.1, -0.05) is 6.07 Å². The van der Waals surface area contributed by atoms with Crippen LogP contribution in [0.25, 0.3) is 0 Å². The first-order chi connectivity index (χ1) is 7.43. The molecule has 0 bridgehead atoms. The first-order valence-electron chi connectivity index (χ1n) is 3.85. The summed E-state index contributed by atoms with van der Waals surface area (Å²) in [4.78, 5) is 21.5. The number of rotatable bonds is 4. The average molecular weight is 246 g/mol. The van der Waals surface area contributed by atoms with Crippen molar-refractivity contribution in [3.63, 3.8) is 0 Å². The molecule has 0 saturated carbocycles. The number of thiol groups is 1. The molecule has 8 heteroatoms. The Morgan fingerprint density at radius 3 is 2.19 bits per heavy atom. The molecule has 0 aromatic heterocycles. The molecule has 2 N–H and O–H groups in total. The maximum absolute atomic E-state index is 10.8. The maximum atomic E-state index is 10.8. The van der Waals surface area contributed by atoms with Crippen molar-refractivity contribution >= 4 is 22.9 Å². The van der Waals surface area contributed by atoms with Gasteiger partial charge in [0.15, 0.2) is 5.75 Å². The van der Waals surface area contributed by atoms with Gasteiger partial charge in [0.2, 0.25) is 0 Å². The number of hydrogen-bond acceptors (Lipinski definition) is 5. The standard InChI is InChI=1S/C8H6O7S/c9-7(10)4-2-1-3-5(15-16(13)14)6(4)8(11)12/h1-3,16H,(H,9,10)(H,11,12). The molecule has 0 aliphatic rings. The highest BCUT2D eigenvalue weighted by molar-refractivity contribution is 7.67. The van der Waals surface area contributed by atoms with Gasteiger partial charge in [0.1, 0.15) is 5.56 Å². The summed E-state index contributed by atoms with van der Waals surface area (Å²) < 4.78 is 24.8. The van der Waals surface area contributed by atoms with Crippen molar-refractivity contribution in [3.8, 4) is 5.75 Å². The van der Waals surface area contributed by atoms with Crippen molar-refractivity contribution < 1.29 is 32.4 Å². The van der Waals surface area contributed by atoms with Crippen LogP contribution in [0, 0.1) is 0 Å². The first kappa shape index (κ1) is 12.0. The third kappa shape index (κ3) is 2.48. The summed E-state index contributed by atoms with van der Waals surface area (Å²) in [5, 5.41) is 17.5. The van der Waals surface area contributed by atoms with Gasteiger partial charge in [0.25, 0.3) is 11.0 Å². The maximum Gasteiger partial charge on any atom is 0.340 e. The van der Waals surface area contributed by atoms with Gasteiger partial charge in [-0.3, -0.25) is 0 Å². The summed E-state index contributed by atoms with van der Waals surface area (Å²) in [6.45, 7) is 0. The summed E-state index contributed by atoms with van der Waals surface area (Å²) in [6, 6.07) is 3.28. The summed E-state index contributed by atoms with van der Waals surface area (Å²) in [5.74, 6) is -3.59. The molecule has 0 radical (unpaired) electrons. The van der Waals surface area contributed by atoms with Gasteiger partial charge in [0, 0.05) is 0 Å². The molecule has 0 amide bonds. The Bertz CT molecular complexity index is 509. The molecule has 1 aromatic rings. The monoisotopic (exact) mass is 246 g/mol. The Morgan fingerprint density at radius 2 is 1.75 bits per heavy atom. The number of carboxylic acids is 2. The lowest BCUT2D eigenvalue weighted by Gasteiger charge is -2.05. The second-order valence-corrected chi connectivity index (χ2v) is 3.23. The molecule has 0 spiro atoms. The van der Waals surface area contributed by atoms with Crippen LogP contribution in [0.3, 0.4) is 0 Å². The average Bonchev–Trinajstić information content (AvgIpc) is 2.15. The summed E-state index contributed by atoms with van der Waals surface area (Å²) >= 11 is 0. The van der Waals surface area contributed by atoms with Crippen LogP contribution >= 0.6 is 0 Å². The zero-order valence-corrected chi connectivity index (χ0v) is 8.51. The topological polar surface area (TPSA) is 118 Å². The number of carbonyl (C=O) groups is 2. The number of hydrogen-bond donors (Lipinski definition) is 3. The lowest BCUT2D eigenvalue weighted by Crippen LogP contribution is -2.10. The van der Waals surface area contributed by atoms with E-state index in [0.29, 0.717) is 0 Å². The molecule has 0 aliphatic carbocycles. The van der Waals surface area contributed by atoms with Crippen molar-refractivity contribution in [1.29, 1.82) is 0 Å². The lowest BCUT2D eigenvalue weighted by atomic mass is 10.1. The fraction of sp³-hybridized carbons (Fsp3) is 0. The minimum Gasteiger partial charge on any atom is -0.478 e. The third-order valence-corrected chi connectivity index (χ3v) is 1.99. The van der Waals surface area contributed by atoms with Gasteiger partial charge in [-0.25, -0.2) is 9.59 Å². The smallest absolute Gasteiger partial charge is 0.340 e. The Balaban J connectivity index is 3.44.